The van der Waals surface area contributed by atoms with Crippen molar-refractivity contribution < 1.29 is 18.3 Å². The van der Waals surface area contributed by atoms with Crippen molar-refractivity contribution in [2.75, 3.05) is 4.72 Å². The Morgan fingerprint density at radius 2 is 1.90 bits per heavy atom. The summed E-state index contributed by atoms with van der Waals surface area (Å²) in [5, 5.41) is 9.07. The second-order valence-electron chi connectivity index (χ2n) is 3.66. The van der Waals surface area contributed by atoms with Gasteiger partial charge < -0.3 is 5.11 Å². The fraction of sp³-hybridized carbons (Fsp3) is 0. The van der Waals surface area contributed by atoms with E-state index in [9.17, 15) is 13.2 Å². The first-order valence-corrected chi connectivity index (χ1v) is 8.99. The van der Waals surface area contributed by atoms with Gasteiger partial charge in [0.1, 0.15) is 4.21 Å². The molecule has 9 heteroatoms. The summed E-state index contributed by atoms with van der Waals surface area (Å²) in [6.45, 7) is 0. The van der Waals surface area contributed by atoms with E-state index in [1.165, 1.54) is 24.3 Å². The molecule has 0 atom stereocenters. The van der Waals surface area contributed by atoms with Crippen LogP contribution in [0.1, 0.15) is 10.4 Å². The zero-order chi connectivity index (χ0) is 14.9. The van der Waals surface area contributed by atoms with Crippen molar-refractivity contribution in [2.24, 2.45) is 0 Å². The molecule has 1 heterocycles. The van der Waals surface area contributed by atoms with E-state index in [1.54, 1.807) is 6.07 Å². The van der Waals surface area contributed by atoms with E-state index in [4.69, 9.17) is 5.11 Å². The van der Waals surface area contributed by atoms with Gasteiger partial charge in [-0.3, -0.25) is 4.72 Å². The molecule has 0 saturated carbocycles. The molecule has 0 aliphatic heterocycles. The van der Waals surface area contributed by atoms with E-state index >= 15 is 0 Å². The Morgan fingerprint density at radius 1 is 1.20 bits per heavy atom. The van der Waals surface area contributed by atoms with Crippen LogP contribution in [0.15, 0.2) is 42.8 Å². The summed E-state index contributed by atoms with van der Waals surface area (Å²) in [5.74, 6) is -1.21. The number of benzene rings is 1. The van der Waals surface area contributed by atoms with Crippen LogP contribution in [-0.4, -0.2) is 19.5 Å². The molecule has 0 amide bonds. The molecule has 2 N–H and O–H groups in total. The van der Waals surface area contributed by atoms with E-state index in [0.717, 1.165) is 11.3 Å². The lowest BCUT2D eigenvalue weighted by molar-refractivity contribution is 0.0698. The average Bonchev–Trinajstić information content (AvgIpc) is 2.75. The number of rotatable bonds is 4. The van der Waals surface area contributed by atoms with Gasteiger partial charge in [-0.15, -0.1) is 11.3 Å². The maximum atomic E-state index is 12.2. The molecule has 0 saturated heterocycles. The van der Waals surface area contributed by atoms with Gasteiger partial charge in [0, 0.05) is 4.47 Å². The molecular weight excluding hydrogens is 434 g/mol. The van der Waals surface area contributed by atoms with Crippen LogP contribution in [-0.2, 0) is 10.0 Å². The Morgan fingerprint density at radius 3 is 2.45 bits per heavy atom. The standard InChI is InChI=1S/C11H7Br2NO4S2/c12-6-1-2-7(11(15)16)8(5-6)14-20(17,18)10-4-3-9(13)19-10/h1-5,14H,(H,15,16). The molecule has 0 unspecified atom stereocenters. The third-order valence-electron chi connectivity index (χ3n) is 2.27. The van der Waals surface area contributed by atoms with Crippen molar-refractivity contribution in [3.05, 3.63) is 44.2 Å². The lowest BCUT2D eigenvalue weighted by atomic mass is 10.2. The first-order chi connectivity index (χ1) is 9.29. The fourth-order valence-corrected chi connectivity index (χ4v) is 4.87. The Kier molecular flexibility index (Phi) is 4.52. The molecule has 20 heavy (non-hydrogen) atoms. The molecule has 106 valence electrons. The first-order valence-electron chi connectivity index (χ1n) is 5.10. The molecule has 2 rings (SSSR count). The molecule has 2 aromatic rings. The van der Waals surface area contributed by atoms with Gasteiger partial charge in [0.05, 0.1) is 15.0 Å². The van der Waals surface area contributed by atoms with Crippen molar-refractivity contribution in [3.63, 3.8) is 0 Å². The van der Waals surface area contributed by atoms with Crippen molar-refractivity contribution in [3.8, 4) is 0 Å². The molecule has 1 aromatic heterocycles. The highest BCUT2D eigenvalue weighted by Crippen LogP contribution is 2.29. The molecular formula is C11H7Br2NO4S2. The Bertz CT molecular complexity index is 770. The Labute approximate surface area is 135 Å². The van der Waals surface area contributed by atoms with Crippen LogP contribution in [0.3, 0.4) is 0 Å². The number of hydrogen-bond donors (Lipinski definition) is 2. The molecule has 0 aliphatic carbocycles. The number of hydrogen-bond acceptors (Lipinski definition) is 4. The van der Waals surface area contributed by atoms with Crippen molar-refractivity contribution in [2.45, 2.75) is 4.21 Å². The average molecular weight is 441 g/mol. The maximum absolute atomic E-state index is 12.2. The summed E-state index contributed by atoms with van der Waals surface area (Å²) in [6.07, 6.45) is 0. The van der Waals surface area contributed by atoms with E-state index < -0.39 is 16.0 Å². The molecule has 5 nitrogen and oxygen atoms in total. The lowest BCUT2D eigenvalue weighted by Crippen LogP contribution is -2.14. The summed E-state index contributed by atoms with van der Waals surface area (Å²) in [7, 11) is -3.81. The van der Waals surface area contributed by atoms with Gasteiger partial charge in [0.15, 0.2) is 0 Å². The minimum Gasteiger partial charge on any atom is -0.478 e. The van der Waals surface area contributed by atoms with Crippen LogP contribution in [0.2, 0.25) is 0 Å². The minimum absolute atomic E-state index is 0.0106. The van der Waals surface area contributed by atoms with Crippen molar-refractivity contribution in [1.82, 2.24) is 0 Å². The molecule has 0 spiro atoms. The molecule has 0 fully saturated rings. The van der Waals surface area contributed by atoms with E-state index in [-0.39, 0.29) is 15.5 Å². The highest BCUT2D eigenvalue weighted by molar-refractivity contribution is 9.11. The van der Waals surface area contributed by atoms with Gasteiger partial charge in [0.25, 0.3) is 10.0 Å². The van der Waals surface area contributed by atoms with Gasteiger partial charge in [-0.05, 0) is 46.3 Å². The summed E-state index contributed by atoms with van der Waals surface area (Å²) in [4.78, 5) is 11.1. The first kappa shape index (κ1) is 15.5. The number of anilines is 1. The van der Waals surface area contributed by atoms with Crippen LogP contribution in [0.25, 0.3) is 0 Å². The Balaban J connectivity index is 2.44. The SMILES string of the molecule is O=C(O)c1ccc(Br)cc1NS(=O)(=O)c1ccc(Br)s1. The third-order valence-corrected chi connectivity index (χ3v) is 6.24. The molecule has 0 radical (unpaired) electrons. The van der Waals surface area contributed by atoms with Crippen molar-refractivity contribution in [1.29, 1.82) is 0 Å². The van der Waals surface area contributed by atoms with Gasteiger partial charge in [-0.2, -0.15) is 0 Å². The number of carbonyl (C=O) groups is 1. The number of thiophene rings is 1. The molecule has 1 aromatic carbocycles. The second-order valence-corrected chi connectivity index (χ2v) is 8.95. The number of halogens is 2. The van der Waals surface area contributed by atoms with Crippen molar-refractivity contribution >= 4 is 64.9 Å². The highest BCUT2D eigenvalue weighted by Gasteiger charge is 2.20. The Hall–Kier alpha value is -0.900. The highest BCUT2D eigenvalue weighted by atomic mass is 79.9. The molecule has 0 bridgehead atoms. The number of carboxylic acids is 1. The summed E-state index contributed by atoms with van der Waals surface area (Å²) in [5.41, 5.74) is -0.108. The van der Waals surface area contributed by atoms with Crippen LogP contribution in [0.4, 0.5) is 5.69 Å². The van der Waals surface area contributed by atoms with Crippen LogP contribution in [0.5, 0.6) is 0 Å². The predicted octanol–water partition coefficient (Wildman–Crippen LogP) is 3.77. The maximum Gasteiger partial charge on any atom is 0.337 e. The van der Waals surface area contributed by atoms with Gasteiger partial charge in [0.2, 0.25) is 0 Å². The summed E-state index contributed by atoms with van der Waals surface area (Å²) >= 11 is 7.40. The topological polar surface area (TPSA) is 83.5 Å². The van der Waals surface area contributed by atoms with E-state index in [1.807, 2.05) is 0 Å². The zero-order valence-electron chi connectivity index (χ0n) is 9.63. The van der Waals surface area contributed by atoms with Gasteiger partial charge in [-0.1, -0.05) is 15.9 Å². The normalized spacial score (nSPS) is 11.3. The molecule has 0 aliphatic rings. The van der Waals surface area contributed by atoms with E-state index in [0.29, 0.717) is 8.26 Å². The fourth-order valence-electron chi connectivity index (χ4n) is 1.42. The zero-order valence-corrected chi connectivity index (χ0v) is 14.4. The van der Waals surface area contributed by atoms with Gasteiger partial charge >= 0.3 is 5.97 Å². The quantitative estimate of drug-likeness (QED) is 0.757. The third kappa shape index (κ3) is 3.40. The van der Waals surface area contributed by atoms with Crippen LogP contribution >= 0.6 is 43.2 Å². The van der Waals surface area contributed by atoms with E-state index in [2.05, 4.69) is 36.6 Å². The second kappa shape index (κ2) is 5.84. The smallest absolute Gasteiger partial charge is 0.337 e. The van der Waals surface area contributed by atoms with Gasteiger partial charge in [-0.25, -0.2) is 13.2 Å². The number of aromatic carboxylic acids is 1. The predicted molar refractivity (Wildman–Crippen MR) is 83.9 cm³/mol. The van der Waals surface area contributed by atoms with Crippen LogP contribution in [0, 0.1) is 0 Å². The minimum atomic E-state index is -3.81. The number of nitrogens with one attached hydrogen (secondary N) is 1. The summed E-state index contributed by atoms with van der Waals surface area (Å²) in [6, 6.07) is 7.31. The monoisotopic (exact) mass is 439 g/mol. The lowest BCUT2D eigenvalue weighted by Gasteiger charge is -2.09. The largest absolute Gasteiger partial charge is 0.478 e. The number of sulfonamides is 1. The van der Waals surface area contributed by atoms with Crippen LogP contribution < -0.4 is 4.72 Å². The summed E-state index contributed by atoms with van der Waals surface area (Å²) < 4.78 is 28.0. The number of carboxylic acid groups (broad SMARTS) is 1.